The van der Waals surface area contributed by atoms with E-state index < -0.39 is 12.0 Å². The molecule has 1 atom stereocenters. The topological polar surface area (TPSA) is 81.1 Å². The summed E-state index contributed by atoms with van der Waals surface area (Å²) in [5.74, 6) is -0.848. The molecule has 0 bridgehead atoms. The lowest BCUT2D eigenvalue weighted by atomic mass is 10.2. The minimum absolute atomic E-state index is 0.120. The van der Waals surface area contributed by atoms with Gasteiger partial charge in [0, 0.05) is 19.3 Å². The van der Waals surface area contributed by atoms with Gasteiger partial charge in [-0.3, -0.25) is 4.90 Å². The summed E-state index contributed by atoms with van der Waals surface area (Å²) in [6, 6.07) is 5.11. The van der Waals surface area contributed by atoms with Crippen LogP contribution in [0.5, 0.6) is 5.75 Å². The number of aromatic hydroxyl groups is 1. The van der Waals surface area contributed by atoms with Crippen molar-refractivity contribution in [2.24, 2.45) is 0 Å². The summed E-state index contributed by atoms with van der Waals surface area (Å²) >= 11 is 0. The first kappa shape index (κ1) is 13.2. The molecule has 1 heterocycles. The quantitative estimate of drug-likeness (QED) is 0.848. The monoisotopic (exact) mass is 264 g/mol. The fraction of sp³-hybridized carbons (Fsp3) is 0.385. The van der Waals surface area contributed by atoms with Crippen LogP contribution in [-0.4, -0.2) is 46.7 Å². The Morgan fingerprint density at radius 2 is 1.95 bits per heavy atom. The van der Waals surface area contributed by atoms with Crippen LogP contribution in [0, 0.1) is 0 Å². The highest BCUT2D eigenvalue weighted by Crippen LogP contribution is 2.23. The maximum atomic E-state index is 12.3. The normalized spacial score (nSPS) is 18.4. The standard InChI is InChI=1S/C13H16N2O4/c1-14(9-4-6-10(16)7-5-9)13(19)15-8-2-3-11(15)12(17)18/h4-7,11,16H,2-3,8H2,1H3,(H,17,18)/t11-/m0/s1. The van der Waals surface area contributed by atoms with Crippen molar-refractivity contribution < 1.29 is 19.8 Å². The summed E-state index contributed by atoms with van der Waals surface area (Å²) in [4.78, 5) is 26.1. The lowest BCUT2D eigenvalue weighted by molar-refractivity contribution is -0.141. The van der Waals surface area contributed by atoms with Crippen LogP contribution >= 0.6 is 0 Å². The Morgan fingerprint density at radius 1 is 1.32 bits per heavy atom. The minimum atomic E-state index is -0.968. The van der Waals surface area contributed by atoms with E-state index >= 15 is 0 Å². The molecular weight excluding hydrogens is 248 g/mol. The SMILES string of the molecule is CN(C(=O)N1CCC[C@H]1C(=O)O)c1ccc(O)cc1. The molecule has 6 nitrogen and oxygen atoms in total. The summed E-state index contributed by atoms with van der Waals surface area (Å²) in [6.07, 6.45) is 1.19. The fourth-order valence-corrected chi connectivity index (χ4v) is 2.23. The smallest absolute Gasteiger partial charge is 0.326 e. The number of carbonyl (C=O) groups is 2. The van der Waals surface area contributed by atoms with Gasteiger partial charge in [-0.2, -0.15) is 0 Å². The zero-order valence-electron chi connectivity index (χ0n) is 10.6. The first-order valence-electron chi connectivity index (χ1n) is 6.07. The summed E-state index contributed by atoms with van der Waals surface area (Å²) in [6.45, 7) is 0.457. The number of phenolic OH excluding ortho intramolecular Hbond substituents is 1. The second-order valence-electron chi connectivity index (χ2n) is 4.55. The van der Waals surface area contributed by atoms with E-state index in [4.69, 9.17) is 5.11 Å². The number of phenols is 1. The van der Waals surface area contributed by atoms with Crippen molar-refractivity contribution in [2.75, 3.05) is 18.5 Å². The summed E-state index contributed by atoms with van der Waals surface area (Å²) in [5, 5.41) is 18.3. The third-order valence-electron chi connectivity index (χ3n) is 3.31. The third kappa shape index (κ3) is 2.62. The maximum Gasteiger partial charge on any atom is 0.326 e. The second-order valence-corrected chi connectivity index (χ2v) is 4.55. The fourth-order valence-electron chi connectivity index (χ4n) is 2.23. The van der Waals surface area contributed by atoms with Gasteiger partial charge < -0.3 is 15.1 Å². The van der Waals surface area contributed by atoms with Crippen molar-refractivity contribution in [1.29, 1.82) is 0 Å². The number of hydrogen-bond acceptors (Lipinski definition) is 3. The van der Waals surface area contributed by atoms with Crippen molar-refractivity contribution in [3.8, 4) is 5.75 Å². The number of rotatable bonds is 2. The molecule has 6 heteroatoms. The summed E-state index contributed by atoms with van der Waals surface area (Å²) in [5.41, 5.74) is 0.610. The van der Waals surface area contributed by atoms with E-state index in [1.807, 2.05) is 0 Å². The Morgan fingerprint density at radius 3 is 2.53 bits per heavy atom. The molecule has 0 aliphatic carbocycles. The Balaban J connectivity index is 2.14. The number of amides is 2. The molecular formula is C13H16N2O4. The number of carbonyl (C=O) groups excluding carboxylic acids is 1. The van der Waals surface area contributed by atoms with Crippen molar-refractivity contribution in [3.63, 3.8) is 0 Å². The molecule has 0 radical (unpaired) electrons. The van der Waals surface area contributed by atoms with Crippen LogP contribution < -0.4 is 4.90 Å². The van der Waals surface area contributed by atoms with E-state index in [0.717, 1.165) is 0 Å². The third-order valence-corrected chi connectivity index (χ3v) is 3.31. The van der Waals surface area contributed by atoms with Gasteiger partial charge in [0.1, 0.15) is 11.8 Å². The molecule has 102 valence electrons. The number of hydrogen-bond donors (Lipinski definition) is 2. The van der Waals surface area contributed by atoms with Gasteiger partial charge in [0.2, 0.25) is 0 Å². The van der Waals surface area contributed by atoms with E-state index in [-0.39, 0.29) is 11.8 Å². The predicted molar refractivity (Wildman–Crippen MR) is 69.3 cm³/mol. The molecule has 19 heavy (non-hydrogen) atoms. The van der Waals surface area contributed by atoms with Crippen molar-refractivity contribution >= 4 is 17.7 Å². The highest BCUT2D eigenvalue weighted by atomic mass is 16.4. The highest BCUT2D eigenvalue weighted by molar-refractivity contribution is 5.94. The highest BCUT2D eigenvalue weighted by Gasteiger charge is 2.35. The number of nitrogens with zero attached hydrogens (tertiary/aromatic N) is 2. The van der Waals surface area contributed by atoms with E-state index in [1.165, 1.54) is 21.9 Å². The van der Waals surface area contributed by atoms with Crippen LogP contribution in [0.2, 0.25) is 0 Å². The molecule has 0 saturated carbocycles. The second kappa shape index (κ2) is 5.17. The van der Waals surface area contributed by atoms with Gasteiger partial charge in [-0.05, 0) is 37.1 Å². The number of carboxylic acids is 1. The first-order chi connectivity index (χ1) is 9.00. The molecule has 1 aromatic carbocycles. The van der Waals surface area contributed by atoms with Crippen LogP contribution in [0.3, 0.4) is 0 Å². The van der Waals surface area contributed by atoms with Gasteiger partial charge in [-0.15, -0.1) is 0 Å². The van der Waals surface area contributed by atoms with Crippen LogP contribution in [-0.2, 0) is 4.79 Å². The molecule has 1 aliphatic rings. The van der Waals surface area contributed by atoms with Crippen LogP contribution in [0.1, 0.15) is 12.8 Å². The average Bonchev–Trinajstić information content (AvgIpc) is 2.87. The van der Waals surface area contributed by atoms with Crippen LogP contribution in [0.25, 0.3) is 0 Å². The van der Waals surface area contributed by atoms with Gasteiger partial charge >= 0.3 is 12.0 Å². The first-order valence-corrected chi connectivity index (χ1v) is 6.07. The molecule has 2 amide bonds. The average molecular weight is 264 g/mol. The molecule has 0 aromatic heterocycles. The summed E-state index contributed by atoms with van der Waals surface area (Å²) < 4.78 is 0. The van der Waals surface area contributed by atoms with E-state index in [9.17, 15) is 14.7 Å². The van der Waals surface area contributed by atoms with Crippen LogP contribution in [0.15, 0.2) is 24.3 Å². The van der Waals surface area contributed by atoms with E-state index in [1.54, 1.807) is 19.2 Å². The molecule has 0 unspecified atom stereocenters. The number of carboxylic acid groups (broad SMARTS) is 1. The Kier molecular flexibility index (Phi) is 3.59. The number of aliphatic carboxylic acids is 1. The number of anilines is 1. The van der Waals surface area contributed by atoms with E-state index in [2.05, 4.69) is 0 Å². The molecule has 0 spiro atoms. The molecule has 1 fully saturated rings. The number of benzene rings is 1. The molecule has 1 saturated heterocycles. The Hall–Kier alpha value is -2.24. The predicted octanol–water partition coefficient (Wildman–Crippen LogP) is 1.50. The van der Waals surface area contributed by atoms with Gasteiger partial charge in [-0.1, -0.05) is 0 Å². The Bertz CT molecular complexity index is 486. The van der Waals surface area contributed by atoms with Crippen molar-refractivity contribution in [3.05, 3.63) is 24.3 Å². The lowest BCUT2D eigenvalue weighted by Gasteiger charge is -2.27. The van der Waals surface area contributed by atoms with Crippen molar-refractivity contribution in [1.82, 2.24) is 4.90 Å². The molecule has 1 aromatic rings. The Labute approximate surface area is 110 Å². The lowest BCUT2D eigenvalue weighted by Crippen LogP contribution is -2.46. The largest absolute Gasteiger partial charge is 0.508 e. The number of likely N-dealkylation sites (tertiary alicyclic amines) is 1. The molecule has 2 N–H and O–H groups in total. The molecule has 2 rings (SSSR count). The van der Waals surface area contributed by atoms with Crippen molar-refractivity contribution in [2.45, 2.75) is 18.9 Å². The maximum absolute atomic E-state index is 12.3. The van der Waals surface area contributed by atoms with Gasteiger partial charge in [0.15, 0.2) is 0 Å². The zero-order chi connectivity index (χ0) is 14.0. The van der Waals surface area contributed by atoms with Gasteiger partial charge in [-0.25, -0.2) is 9.59 Å². The van der Waals surface area contributed by atoms with Gasteiger partial charge in [0.25, 0.3) is 0 Å². The minimum Gasteiger partial charge on any atom is -0.508 e. The zero-order valence-corrected chi connectivity index (χ0v) is 10.6. The van der Waals surface area contributed by atoms with Crippen LogP contribution in [0.4, 0.5) is 10.5 Å². The van der Waals surface area contributed by atoms with Gasteiger partial charge in [0.05, 0.1) is 0 Å². The number of urea groups is 1. The molecule has 1 aliphatic heterocycles. The van der Waals surface area contributed by atoms with E-state index in [0.29, 0.717) is 25.1 Å². The summed E-state index contributed by atoms with van der Waals surface area (Å²) in [7, 11) is 1.59.